The second kappa shape index (κ2) is 3.89. The molecule has 0 aromatic carbocycles. The summed E-state index contributed by atoms with van der Waals surface area (Å²) in [5, 5.41) is 0. The molecule has 0 rings (SSSR count). The van der Waals surface area contributed by atoms with Crippen molar-refractivity contribution in [2.45, 2.75) is 12.4 Å². The molecule has 0 aromatic heterocycles. The van der Waals surface area contributed by atoms with Crippen LogP contribution < -0.4 is 0 Å². The zero-order chi connectivity index (χ0) is 11.6. The monoisotopic (exact) mass is 222 g/mol. The van der Waals surface area contributed by atoms with Gasteiger partial charge in [-0.15, -0.1) is 0 Å². The molecule has 0 aromatic rings. The van der Waals surface area contributed by atoms with Gasteiger partial charge in [0.05, 0.1) is 7.11 Å². The Hall–Kier alpha value is -1.21. The first-order chi connectivity index (χ1) is 6.09. The predicted octanol–water partition coefficient (Wildman–Crippen LogP) is 2.21. The minimum Gasteiger partial charge on any atom is -0.466 e. The van der Waals surface area contributed by atoms with Gasteiger partial charge < -0.3 is 4.74 Å². The first-order valence-corrected chi connectivity index (χ1v) is 3.03. The number of allylic oxidation sites excluding steroid dienone is 1. The number of ether oxygens (including phenoxy) is 1. The summed E-state index contributed by atoms with van der Waals surface area (Å²) in [5.41, 5.74) is -2.89. The Balaban J connectivity index is 5.14. The number of halogens is 6. The Morgan fingerprint density at radius 2 is 1.43 bits per heavy atom. The van der Waals surface area contributed by atoms with Crippen molar-refractivity contribution < 1.29 is 35.9 Å². The van der Waals surface area contributed by atoms with Crippen molar-refractivity contribution in [3.63, 3.8) is 0 Å². The molecule has 0 aliphatic heterocycles. The van der Waals surface area contributed by atoms with Crippen molar-refractivity contribution in [3.8, 4) is 0 Å². The average Bonchev–Trinajstić information content (AvgIpc) is 1.95. The normalized spacial score (nSPS) is 12.2. The van der Waals surface area contributed by atoms with Crippen LogP contribution >= 0.6 is 0 Å². The molecule has 0 aliphatic carbocycles. The number of carbonyl (C=O) groups is 1. The first kappa shape index (κ1) is 12.8. The molecule has 0 bridgehead atoms. The molecule has 82 valence electrons. The quantitative estimate of drug-likeness (QED) is 0.386. The predicted molar refractivity (Wildman–Crippen MR) is 32.2 cm³/mol. The molecular formula is C6H4F6O2. The van der Waals surface area contributed by atoms with Gasteiger partial charge in [0.1, 0.15) is 5.57 Å². The molecule has 0 N–H and O–H groups in total. The van der Waals surface area contributed by atoms with Crippen LogP contribution in [0.15, 0.2) is 11.6 Å². The number of carbonyl (C=O) groups excluding carboxylic acids is 1. The van der Waals surface area contributed by atoms with Crippen molar-refractivity contribution in [1.82, 2.24) is 0 Å². The van der Waals surface area contributed by atoms with Crippen molar-refractivity contribution in [3.05, 3.63) is 11.6 Å². The van der Waals surface area contributed by atoms with Crippen LogP contribution in [0, 0.1) is 0 Å². The van der Waals surface area contributed by atoms with Crippen LogP contribution in [-0.2, 0) is 9.53 Å². The van der Waals surface area contributed by atoms with Crippen LogP contribution in [0.3, 0.4) is 0 Å². The molecule has 8 heteroatoms. The highest BCUT2D eigenvalue weighted by Crippen LogP contribution is 2.38. The molecule has 0 aliphatic rings. The number of methoxy groups -OCH3 is 1. The van der Waals surface area contributed by atoms with Gasteiger partial charge in [-0.3, -0.25) is 0 Å². The molecule has 0 radical (unpaired) electrons. The average molecular weight is 222 g/mol. The van der Waals surface area contributed by atoms with Crippen LogP contribution in [-0.4, -0.2) is 25.4 Å². The maximum absolute atomic E-state index is 11.7. The van der Waals surface area contributed by atoms with E-state index >= 15 is 0 Å². The summed E-state index contributed by atoms with van der Waals surface area (Å²) in [5.74, 6) is -1.71. The van der Waals surface area contributed by atoms with Gasteiger partial charge >= 0.3 is 18.3 Å². The molecule has 0 saturated carbocycles. The Bertz CT molecular complexity index is 232. The summed E-state index contributed by atoms with van der Waals surface area (Å²) in [6.45, 7) is 0. The van der Waals surface area contributed by atoms with E-state index in [4.69, 9.17) is 0 Å². The summed E-state index contributed by atoms with van der Waals surface area (Å²) in [4.78, 5) is 10.2. The van der Waals surface area contributed by atoms with Crippen molar-refractivity contribution >= 4 is 5.97 Å². The lowest BCUT2D eigenvalue weighted by molar-refractivity contribution is -0.173. The van der Waals surface area contributed by atoms with Crippen molar-refractivity contribution in [1.29, 1.82) is 0 Å². The fourth-order valence-electron chi connectivity index (χ4n) is 0.501. The van der Waals surface area contributed by atoms with Crippen LogP contribution in [0.25, 0.3) is 0 Å². The molecule has 14 heavy (non-hydrogen) atoms. The third-order valence-electron chi connectivity index (χ3n) is 1.07. The van der Waals surface area contributed by atoms with Gasteiger partial charge in [0, 0.05) is 6.08 Å². The first-order valence-electron chi connectivity index (χ1n) is 3.03. The number of esters is 1. The zero-order valence-corrected chi connectivity index (χ0v) is 6.66. The highest BCUT2D eigenvalue weighted by molar-refractivity contribution is 5.83. The minimum absolute atomic E-state index is 0.639. The van der Waals surface area contributed by atoms with Gasteiger partial charge in [-0.25, -0.2) is 4.79 Å². The second-order valence-electron chi connectivity index (χ2n) is 2.08. The molecule has 0 fully saturated rings. The van der Waals surface area contributed by atoms with Gasteiger partial charge in [0.15, 0.2) is 0 Å². The number of hydrogen-bond acceptors (Lipinski definition) is 2. The second-order valence-corrected chi connectivity index (χ2v) is 2.08. The smallest absolute Gasteiger partial charge is 0.421 e. The van der Waals surface area contributed by atoms with Gasteiger partial charge in [-0.1, -0.05) is 0 Å². The van der Waals surface area contributed by atoms with Crippen LogP contribution in [0.1, 0.15) is 0 Å². The lowest BCUT2D eigenvalue weighted by atomic mass is 10.2. The summed E-state index contributed by atoms with van der Waals surface area (Å²) in [6.07, 6.45) is -11.9. The van der Waals surface area contributed by atoms with Gasteiger partial charge in [0.2, 0.25) is 0 Å². The van der Waals surface area contributed by atoms with E-state index in [0.29, 0.717) is 7.11 Å². The van der Waals surface area contributed by atoms with E-state index in [1.165, 1.54) is 0 Å². The van der Waals surface area contributed by atoms with E-state index in [1.807, 2.05) is 0 Å². The summed E-state index contributed by atoms with van der Waals surface area (Å²) in [6, 6.07) is 0. The highest BCUT2D eigenvalue weighted by atomic mass is 19.4. The van der Waals surface area contributed by atoms with E-state index in [2.05, 4.69) is 4.74 Å². The lowest BCUT2D eigenvalue weighted by Crippen LogP contribution is -2.27. The maximum Gasteiger partial charge on any atom is 0.421 e. The summed E-state index contributed by atoms with van der Waals surface area (Å²) in [7, 11) is 0.670. The topological polar surface area (TPSA) is 26.3 Å². The Morgan fingerprint density at radius 1 is 1.07 bits per heavy atom. The lowest BCUT2D eigenvalue weighted by Gasteiger charge is -2.13. The highest BCUT2D eigenvalue weighted by Gasteiger charge is 2.51. The largest absolute Gasteiger partial charge is 0.466 e. The van der Waals surface area contributed by atoms with Crippen molar-refractivity contribution in [2.24, 2.45) is 0 Å². The third kappa shape index (κ3) is 3.67. The minimum atomic E-state index is -5.63. The standard InChI is InChI=1S/C6H4F6O2/c1-14-4(13)2-3(5(7,8)9)6(10,11)12/h2H,1H3. The number of alkyl halides is 6. The molecule has 2 nitrogen and oxygen atoms in total. The van der Waals surface area contributed by atoms with E-state index in [1.54, 1.807) is 0 Å². The Kier molecular flexibility index (Phi) is 3.55. The number of rotatable bonds is 1. The van der Waals surface area contributed by atoms with Crippen molar-refractivity contribution in [2.75, 3.05) is 7.11 Å². The molecule has 0 amide bonds. The Morgan fingerprint density at radius 3 is 1.64 bits per heavy atom. The fraction of sp³-hybridized carbons (Fsp3) is 0.500. The van der Waals surface area contributed by atoms with E-state index < -0.39 is 30.0 Å². The SMILES string of the molecule is COC(=O)C=C(C(F)(F)F)C(F)(F)F. The fourth-order valence-corrected chi connectivity index (χ4v) is 0.501. The van der Waals surface area contributed by atoms with Crippen LogP contribution in [0.4, 0.5) is 26.3 Å². The van der Waals surface area contributed by atoms with Gasteiger partial charge in [-0.05, 0) is 0 Å². The van der Waals surface area contributed by atoms with Gasteiger partial charge in [0.25, 0.3) is 0 Å². The van der Waals surface area contributed by atoms with Crippen LogP contribution in [0.5, 0.6) is 0 Å². The molecule has 0 heterocycles. The van der Waals surface area contributed by atoms with Gasteiger partial charge in [-0.2, -0.15) is 26.3 Å². The maximum atomic E-state index is 11.7. The zero-order valence-electron chi connectivity index (χ0n) is 6.66. The summed E-state index contributed by atoms with van der Waals surface area (Å²) < 4.78 is 74.0. The van der Waals surface area contributed by atoms with Crippen LogP contribution in [0.2, 0.25) is 0 Å². The summed E-state index contributed by atoms with van der Waals surface area (Å²) >= 11 is 0. The molecular weight excluding hydrogens is 218 g/mol. The number of hydrogen-bond donors (Lipinski definition) is 0. The molecule has 0 unspecified atom stereocenters. The van der Waals surface area contributed by atoms with E-state index in [9.17, 15) is 31.1 Å². The van der Waals surface area contributed by atoms with E-state index in [-0.39, 0.29) is 0 Å². The molecule has 0 atom stereocenters. The van der Waals surface area contributed by atoms with E-state index in [0.717, 1.165) is 0 Å². The molecule has 0 spiro atoms. The molecule has 0 saturated heterocycles. The Labute approximate surface area is 74.1 Å². The third-order valence-corrected chi connectivity index (χ3v) is 1.07.